The van der Waals surface area contributed by atoms with Crippen LogP contribution in [0.2, 0.25) is 0 Å². The molecule has 2 aliphatic rings. The van der Waals surface area contributed by atoms with Crippen molar-refractivity contribution < 1.29 is 4.79 Å². The van der Waals surface area contributed by atoms with Crippen LogP contribution in [0.25, 0.3) is 0 Å². The Balaban J connectivity index is 1.84. The molecule has 0 aromatic rings. The first kappa shape index (κ1) is 15.8. The summed E-state index contributed by atoms with van der Waals surface area (Å²) in [5.74, 6) is 1.60. The number of nitrogens with one attached hydrogen (secondary N) is 2. The third-order valence-electron chi connectivity index (χ3n) is 4.90. The van der Waals surface area contributed by atoms with Crippen molar-refractivity contribution in [2.75, 3.05) is 26.2 Å². The van der Waals surface area contributed by atoms with Gasteiger partial charge in [0, 0.05) is 31.7 Å². The first-order chi connectivity index (χ1) is 9.61. The number of hydrogen-bond donors (Lipinski definition) is 2. The number of amides is 1. The lowest BCUT2D eigenvalue weighted by Gasteiger charge is -2.49. The molecule has 1 amide bonds. The minimum absolute atomic E-state index is 0.149. The highest BCUT2D eigenvalue weighted by atomic mass is 16.1. The number of nitrogens with zero attached hydrogens (tertiary/aromatic N) is 1. The van der Waals surface area contributed by atoms with Crippen molar-refractivity contribution in [1.29, 1.82) is 0 Å². The maximum atomic E-state index is 11.8. The van der Waals surface area contributed by atoms with Crippen molar-refractivity contribution >= 4 is 5.91 Å². The van der Waals surface area contributed by atoms with Gasteiger partial charge in [-0.2, -0.15) is 0 Å². The number of carbonyl (C=O) groups is 1. The highest BCUT2D eigenvalue weighted by Gasteiger charge is 2.39. The molecule has 0 aromatic carbocycles. The van der Waals surface area contributed by atoms with Gasteiger partial charge in [0.15, 0.2) is 0 Å². The summed E-state index contributed by atoms with van der Waals surface area (Å²) in [6.07, 6.45) is 4.99. The second-order valence-electron chi connectivity index (χ2n) is 6.76. The minimum atomic E-state index is 0.149. The Bertz CT molecular complexity index is 305. The summed E-state index contributed by atoms with van der Waals surface area (Å²) >= 11 is 0. The van der Waals surface area contributed by atoms with E-state index in [1.54, 1.807) is 0 Å². The van der Waals surface area contributed by atoms with Crippen LogP contribution in [0.3, 0.4) is 0 Å². The first-order valence-electron chi connectivity index (χ1n) is 8.36. The SMILES string of the molecule is CCCNC(=O)CNC1C2CCCC1CN(C(C)C)C2. The Kier molecular flexibility index (Phi) is 5.85. The Hall–Kier alpha value is -0.610. The van der Waals surface area contributed by atoms with Gasteiger partial charge in [0.1, 0.15) is 0 Å². The van der Waals surface area contributed by atoms with Crippen LogP contribution in [0, 0.1) is 11.8 Å². The number of piperidine rings is 1. The molecule has 4 heteroatoms. The van der Waals surface area contributed by atoms with Gasteiger partial charge in [-0.05, 0) is 44.9 Å². The smallest absolute Gasteiger partial charge is 0.233 e. The summed E-state index contributed by atoms with van der Waals surface area (Å²) in [6.45, 7) is 10.3. The fourth-order valence-electron chi connectivity index (χ4n) is 3.77. The van der Waals surface area contributed by atoms with E-state index in [1.807, 2.05) is 0 Å². The van der Waals surface area contributed by atoms with Crippen LogP contribution in [-0.4, -0.2) is 49.1 Å². The molecule has 0 radical (unpaired) electrons. The van der Waals surface area contributed by atoms with Gasteiger partial charge in [0.25, 0.3) is 0 Å². The van der Waals surface area contributed by atoms with Gasteiger partial charge in [0.2, 0.25) is 5.91 Å². The Morgan fingerprint density at radius 3 is 2.45 bits per heavy atom. The van der Waals surface area contributed by atoms with Gasteiger partial charge in [-0.3, -0.25) is 4.79 Å². The molecule has 2 fully saturated rings. The van der Waals surface area contributed by atoms with E-state index in [9.17, 15) is 4.79 Å². The van der Waals surface area contributed by atoms with Crippen molar-refractivity contribution in [3.05, 3.63) is 0 Å². The minimum Gasteiger partial charge on any atom is -0.355 e. The van der Waals surface area contributed by atoms with E-state index < -0.39 is 0 Å². The fraction of sp³-hybridized carbons (Fsp3) is 0.938. The molecule has 20 heavy (non-hydrogen) atoms. The Morgan fingerprint density at radius 1 is 1.25 bits per heavy atom. The van der Waals surface area contributed by atoms with Crippen molar-refractivity contribution in [2.45, 2.75) is 58.5 Å². The van der Waals surface area contributed by atoms with Crippen LogP contribution < -0.4 is 10.6 Å². The van der Waals surface area contributed by atoms with Gasteiger partial charge in [0.05, 0.1) is 6.54 Å². The number of hydrogen-bond acceptors (Lipinski definition) is 3. The third kappa shape index (κ3) is 3.95. The van der Waals surface area contributed by atoms with Crippen molar-refractivity contribution in [3.8, 4) is 0 Å². The molecular weight excluding hydrogens is 250 g/mol. The van der Waals surface area contributed by atoms with Crippen LogP contribution in [0.5, 0.6) is 0 Å². The van der Waals surface area contributed by atoms with Crippen molar-refractivity contribution in [3.63, 3.8) is 0 Å². The molecule has 2 rings (SSSR count). The monoisotopic (exact) mass is 281 g/mol. The third-order valence-corrected chi connectivity index (χ3v) is 4.90. The molecule has 1 heterocycles. The molecule has 1 aliphatic carbocycles. The zero-order chi connectivity index (χ0) is 14.5. The van der Waals surface area contributed by atoms with Crippen molar-refractivity contribution in [1.82, 2.24) is 15.5 Å². The van der Waals surface area contributed by atoms with Crippen LogP contribution >= 0.6 is 0 Å². The van der Waals surface area contributed by atoms with Crippen LogP contribution in [-0.2, 0) is 4.79 Å². The van der Waals surface area contributed by atoms with E-state index in [4.69, 9.17) is 0 Å². The average molecular weight is 281 g/mol. The maximum Gasteiger partial charge on any atom is 0.233 e. The molecule has 0 aromatic heterocycles. The topological polar surface area (TPSA) is 44.4 Å². The standard InChI is InChI=1S/C16H31N3O/c1-4-8-17-15(20)9-18-16-13-6-5-7-14(16)11-19(10-13)12(2)3/h12-14,16,18H,4-11H2,1-3H3,(H,17,20). The summed E-state index contributed by atoms with van der Waals surface area (Å²) in [4.78, 5) is 14.4. The van der Waals surface area contributed by atoms with Crippen molar-refractivity contribution in [2.24, 2.45) is 11.8 Å². The molecular formula is C16H31N3O. The molecule has 2 atom stereocenters. The van der Waals surface area contributed by atoms with E-state index in [2.05, 4.69) is 36.3 Å². The normalized spacial score (nSPS) is 30.5. The first-order valence-corrected chi connectivity index (χ1v) is 8.36. The summed E-state index contributed by atoms with van der Waals surface area (Å²) in [5.41, 5.74) is 0. The fourth-order valence-corrected chi connectivity index (χ4v) is 3.77. The van der Waals surface area contributed by atoms with E-state index >= 15 is 0 Å². The van der Waals surface area contributed by atoms with E-state index in [0.717, 1.165) is 24.8 Å². The number of likely N-dealkylation sites (tertiary alicyclic amines) is 1. The molecule has 0 spiro atoms. The summed E-state index contributed by atoms with van der Waals surface area (Å²) in [7, 11) is 0. The Morgan fingerprint density at radius 2 is 1.90 bits per heavy atom. The molecule has 1 saturated heterocycles. The predicted molar refractivity (Wildman–Crippen MR) is 82.6 cm³/mol. The lowest BCUT2D eigenvalue weighted by molar-refractivity contribution is -0.120. The maximum absolute atomic E-state index is 11.8. The number of carbonyl (C=O) groups excluding carboxylic acids is 1. The van der Waals surface area contributed by atoms with Gasteiger partial charge in [-0.15, -0.1) is 0 Å². The molecule has 2 bridgehead atoms. The zero-order valence-electron chi connectivity index (χ0n) is 13.3. The number of rotatable bonds is 6. The quantitative estimate of drug-likeness (QED) is 0.777. The average Bonchev–Trinajstić information content (AvgIpc) is 2.41. The Labute approximate surface area is 123 Å². The second kappa shape index (κ2) is 7.41. The summed E-state index contributed by atoms with van der Waals surface area (Å²) in [6, 6.07) is 1.19. The van der Waals surface area contributed by atoms with E-state index in [0.29, 0.717) is 18.6 Å². The van der Waals surface area contributed by atoms with Gasteiger partial charge < -0.3 is 15.5 Å². The summed E-state index contributed by atoms with van der Waals surface area (Å²) < 4.78 is 0. The molecule has 1 aliphatic heterocycles. The predicted octanol–water partition coefficient (Wildman–Crippen LogP) is 1.61. The highest BCUT2D eigenvalue weighted by Crippen LogP contribution is 2.35. The van der Waals surface area contributed by atoms with Crippen LogP contribution in [0.1, 0.15) is 46.5 Å². The van der Waals surface area contributed by atoms with Gasteiger partial charge in [-0.25, -0.2) is 0 Å². The molecule has 1 saturated carbocycles. The lowest BCUT2D eigenvalue weighted by atomic mass is 9.73. The molecule has 2 N–H and O–H groups in total. The highest BCUT2D eigenvalue weighted by molar-refractivity contribution is 5.77. The van der Waals surface area contributed by atoms with Gasteiger partial charge >= 0.3 is 0 Å². The zero-order valence-corrected chi connectivity index (χ0v) is 13.3. The van der Waals surface area contributed by atoms with E-state index in [1.165, 1.54) is 32.4 Å². The molecule has 116 valence electrons. The molecule has 2 unspecified atom stereocenters. The number of fused-ring (bicyclic) bond motifs is 2. The lowest BCUT2D eigenvalue weighted by Crippen LogP contribution is -2.59. The molecule has 4 nitrogen and oxygen atoms in total. The second-order valence-corrected chi connectivity index (χ2v) is 6.76. The van der Waals surface area contributed by atoms with E-state index in [-0.39, 0.29) is 5.91 Å². The van der Waals surface area contributed by atoms with Gasteiger partial charge in [-0.1, -0.05) is 13.3 Å². The largest absolute Gasteiger partial charge is 0.355 e. The van der Waals surface area contributed by atoms with Crippen LogP contribution in [0.4, 0.5) is 0 Å². The summed E-state index contributed by atoms with van der Waals surface area (Å²) in [5, 5.41) is 6.51. The van der Waals surface area contributed by atoms with Crippen LogP contribution in [0.15, 0.2) is 0 Å².